The van der Waals surface area contributed by atoms with Gasteiger partial charge in [0, 0.05) is 50.0 Å². The van der Waals surface area contributed by atoms with Crippen molar-refractivity contribution < 1.29 is 27.8 Å². The number of nitrogens with one attached hydrogen (secondary N) is 1. The number of rotatable bonds is 4. The maximum absolute atomic E-state index is 10.6. The van der Waals surface area contributed by atoms with Gasteiger partial charge in [-0.2, -0.15) is 13.2 Å². The van der Waals surface area contributed by atoms with Gasteiger partial charge in [-0.3, -0.25) is 4.90 Å². The zero-order valence-corrected chi connectivity index (χ0v) is 15.7. The highest BCUT2D eigenvalue weighted by Gasteiger charge is 2.38. The molecule has 3 aromatic rings. The Kier molecular flexibility index (Phi) is 6.23. The molecule has 2 N–H and O–H groups in total. The van der Waals surface area contributed by atoms with Crippen LogP contribution in [0.1, 0.15) is 17.3 Å². The van der Waals surface area contributed by atoms with Gasteiger partial charge in [0.05, 0.1) is 24.7 Å². The van der Waals surface area contributed by atoms with E-state index in [2.05, 4.69) is 43.7 Å². The number of fused-ring (bicyclic) bond motifs is 2. The van der Waals surface area contributed by atoms with E-state index in [1.807, 2.05) is 18.7 Å². The monoisotopic (exact) mass is 410 g/mol. The third-order valence-corrected chi connectivity index (χ3v) is 4.67. The van der Waals surface area contributed by atoms with Crippen molar-refractivity contribution in [1.82, 2.24) is 19.4 Å². The number of imidazole rings is 1. The van der Waals surface area contributed by atoms with Crippen molar-refractivity contribution in [3.8, 4) is 0 Å². The van der Waals surface area contributed by atoms with E-state index in [-0.39, 0.29) is 0 Å². The Hall–Kier alpha value is -2.85. The van der Waals surface area contributed by atoms with Crippen LogP contribution >= 0.6 is 0 Å². The number of hydrogen-bond donors (Lipinski definition) is 2. The van der Waals surface area contributed by atoms with Gasteiger partial charge in [0.25, 0.3) is 0 Å². The van der Waals surface area contributed by atoms with E-state index < -0.39 is 12.1 Å². The number of aromatic nitrogens is 3. The molecule has 1 aromatic carbocycles. The molecule has 1 aliphatic heterocycles. The normalized spacial score (nSPS) is 16.9. The molecule has 1 unspecified atom stereocenters. The highest BCUT2D eigenvalue weighted by molar-refractivity contribution is 5.82. The minimum Gasteiger partial charge on any atom is -0.475 e. The number of nitrogens with zero attached hydrogens (tertiary/aromatic N) is 3. The van der Waals surface area contributed by atoms with E-state index in [4.69, 9.17) is 14.6 Å². The number of alkyl halides is 3. The Bertz CT molecular complexity index is 967. The standard InChI is InChI=1S/C17H20N4O.C2HF3O2/c1-22-11-15-10-20(9-14-7-18-12-21(14)15)8-13-3-2-4-17-16(13)5-6-19-17;3-2(4,5)1(6)7/h2-7,12,15,19H,8-11H2,1H3;(H,6,7). The van der Waals surface area contributed by atoms with Crippen LogP contribution in [0.2, 0.25) is 0 Å². The number of H-pyrrole nitrogens is 1. The molecule has 0 spiro atoms. The lowest BCUT2D eigenvalue weighted by atomic mass is 10.1. The van der Waals surface area contributed by atoms with E-state index in [1.54, 1.807) is 7.11 Å². The second-order valence-electron chi connectivity index (χ2n) is 6.73. The fourth-order valence-corrected chi connectivity index (χ4v) is 3.44. The first kappa shape index (κ1) is 20.9. The Balaban J connectivity index is 0.000000298. The van der Waals surface area contributed by atoms with Gasteiger partial charge in [-0.15, -0.1) is 0 Å². The topological polar surface area (TPSA) is 83.4 Å². The number of hydrogen-bond acceptors (Lipinski definition) is 4. The molecule has 156 valence electrons. The first-order valence-corrected chi connectivity index (χ1v) is 8.86. The van der Waals surface area contributed by atoms with Gasteiger partial charge in [-0.05, 0) is 17.7 Å². The second-order valence-corrected chi connectivity index (χ2v) is 6.73. The number of carboxylic acid groups (broad SMARTS) is 1. The molecule has 0 amide bonds. The van der Waals surface area contributed by atoms with Crippen molar-refractivity contribution in [2.75, 3.05) is 20.3 Å². The summed E-state index contributed by atoms with van der Waals surface area (Å²) < 4.78 is 39.4. The molecule has 29 heavy (non-hydrogen) atoms. The predicted octanol–water partition coefficient (Wildman–Crippen LogP) is 3.20. The molecule has 0 saturated heterocycles. The van der Waals surface area contributed by atoms with Crippen molar-refractivity contribution in [3.05, 3.63) is 54.2 Å². The molecular formula is C19H21F3N4O3. The lowest BCUT2D eigenvalue weighted by Crippen LogP contribution is -2.38. The molecule has 4 rings (SSSR count). The molecule has 2 aromatic heterocycles. The summed E-state index contributed by atoms with van der Waals surface area (Å²) in [5.41, 5.74) is 3.82. The number of aromatic amines is 1. The third kappa shape index (κ3) is 4.96. The molecule has 3 heterocycles. The largest absolute Gasteiger partial charge is 0.490 e. The number of methoxy groups -OCH3 is 1. The molecule has 1 atom stereocenters. The zero-order chi connectivity index (χ0) is 21.0. The van der Waals surface area contributed by atoms with Crippen LogP contribution in [0, 0.1) is 0 Å². The number of ether oxygens (including phenoxy) is 1. The lowest BCUT2D eigenvalue weighted by Gasteiger charge is -2.34. The van der Waals surface area contributed by atoms with Crippen LogP contribution < -0.4 is 0 Å². The fraction of sp³-hybridized carbons (Fsp3) is 0.368. The van der Waals surface area contributed by atoms with E-state index in [0.717, 1.165) is 19.6 Å². The second kappa shape index (κ2) is 8.66. The summed E-state index contributed by atoms with van der Waals surface area (Å²) in [6.45, 7) is 3.58. The Labute approximate surface area is 164 Å². The smallest absolute Gasteiger partial charge is 0.475 e. The average Bonchev–Trinajstić information content (AvgIpc) is 3.31. The van der Waals surface area contributed by atoms with Gasteiger partial charge in [-0.1, -0.05) is 12.1 Å². The molecule has 0 aliphatic carbocycles. The van der Waals surface area contributed by atoms with Crippen LogP contribution in [-0.4, -0.2) is 56.9 Å². The van der Waals surface area contributed by atoms with Crippen molar-refractivity contribution in [2.24, 2.45) is 0 Å². The summed E-state index contributed by atoms with van der Waals surface area (Å²) in [5, 5.41) is 8.44. The minimum absolute atomic E-state index is 0.335. The van der Waals surface area contributed by atoms with Gasteiger partial charge in [0.15, 0.2) is 0 Å². The molecule has 0 saturated carbocycles. The number of carboxylic acids is 1. The molecule has 7 nitrogen and oxygen atoms in total. The van der Waals surface area contributed by atoms with Crippen LogP contribution in [-0.2, 0) is 22.6 Å². The van der Waals surface area contributed by atoms with E-state index in [0.29, 0.717) is 12.6 Å². The van der Waals surface area contributed by atoms with Crippen LogP contribution in [0.15, 0.2) is 43.0 Å². The van der Waals surface area contributed by atoms with Crippen LogP contribution in [0.3, 0.4) is 0 Å². The van der Waals surface area contributed by atoms with Gasteiger partial charge in [-0.25, -0.2) is 9.78 Å². The quantitative estimate of drug-likeness (QED) is 0.690. The molecule has 0 bridgehead atoms. The first-order valence-electron chi connectivity index (χ1n) is 8.86. The van der Waals surface area contributed by atoms with Crippen molar-refractivity contribution in [3.63, 3.8) is 0 Å². The molecular weight excluding hydrogens is 389 g/mol. The Morgan fingerprint density at radius 1 is 1.38 bits per heavy atom. The van der Waals surface area contributed by atoms with Crippen LogP contribution in [0.25, 0.3) is 10.9 Å². The average molecular weight is 410 g/mol. The van der Waals surface area contributed by atoms with E-state index in [9.17, 15) is 13.2 Å². The van der Waals surface area contributed by atoms with Gasteiger partial charge >= 0.3 is 12.1 Å². The van der Waals surface area contributed by atoms with Crippen molar-refractivity contribution >= 4 is 16.9 Å². The van der Waals surface area contributed by atoms with E-state index in [1.165, 1.54) is 22.2 Å². The van der Waals surface area contributed by atoms with Gasteiger partial charge < -0.3 is 19.4 Å². The maximum atomic E-state index is 10.6. The molecule has 0 radical (unpaired) electrons. The van der Waals surface area contributed by atoms with E-state index >= 15 is 0 Å². The van der Waals surface area contributed by atoms with Gasteiger partial charge in [0.2, 0.25) is 0 Å². The Morgan fingerprint density at radius 3 is 2.83 bits per heavy atom. The van der Waals surface area contributed by atoms with Crippen LogP contribution in [0.5, 0.6) is 0 Å². The summed E-state index contributed by atoms with van der Waals surface area (Å²) in [7, 11) is 1.76. The SMILES string of the molecule is COCC1CN(Cc2cccc3[nH]ccc23)Cc2cncn21.O=C(O)C(F)(F)F. The predicted molar refractivity (Wildman–Crippen MR) is 99.2 cm³/mol. The molecule has 10 heteroatoms. The van der Waals surface area contributed by atoms with Crippen molar-refractivity contribution in [2.45, 2.75) is 25.3 Å². The first-order chi connectivity index (χ1) is 13.8. The summed E-state index contributed by atoms with van der Waals surface area (Å²) in [6, 6.07) is 8.95. The third-order valence-electron chi connectivity index (χ3n) is 4.67. The van der Waals surface area contributed by atoms with Crippen LogP contribution in [0.4, 0.5) is 13.2 Å². The lowest BCUT2D eigenvalue weighted by molar-refractivity contribution is -0.192. The zero-order valence-electron chi connectivity index (χ0n) is 15.7. The highest BCUT2D eigenvalue weighted by Crippen LogP contribution is 2.25. The summed E-state index contributed by atoms with van der Waals surface area (Å²) >= 11 is 0. The fourth-order valence-electron chi connectivity index (χ4n) is 3.44. The Morgan fingerprint density at radius 2 is 2.14 bits per heavy atom. The molecule has 0 fully saturated rings. The number of benzene rings is 1. The summed E-state index contributed by atoms with van der Waals surface area (Å²) in [6.07, 6.45) is 0.808. The molecule has 1 aliphatic rings. The van der Waals surface area contributed by atoms with Gasteiger partial charge in [0.1, 0.15) is 0 Å². The number of aliphatic carboxylic acids is 1. The number of carbonyl (C=O) groups is 1. The summed E-state index contributed by atoms with van der Waals surface area (Å²) in [5.74, 6) is -2.76. The highest BCUT2D eigenvalue weighted by atomic mass is 19.4. The minimum atomic E-state index is -5.08. The number of halogens is 3. The summed E-state index contributed by atoms with van der Waals surface area (Å²) in [4.78, 5) is 19.0. The maximum Gasteiger partial charge on any atom is 0.490 e. The van der Waals surface area contributed by atoms with Crippen molar-refractivity contribution in [1.29, 1.82) is 0 Å².